The van der Waals surface area contributed by atoms with E-state index in [4.69, 9.17) is 5.11 Å². The lowest BCUT2D eigenvalue weighted by Crippen LogP contribution is -2.20. The molecule has 0 amide bonds. The van der Waals surface area contributed by atoms with Gasteiger partial charge in [-0.1, -0.05) is 0 Å². The highest BCUT2D eigenvalue weighted by Crippen LogP contribution is 2.20. The largest absolute Gasteiger partial charge is 0.394 e. The fourth-order valence-electron chi connectivity index (χ4n) is 1.46. The zero-order valence-electron chi connectivity index (χ0n) is 9.86. The van der Waals surface area contributed by atoms with E-state index in [-0.39, 0.29) is 12.6 Å². The van der Waals surface area contributed by atoms with E-state index in [1.165, 1.54) is 0 Å². The predicted octanol–water partition coefficient (Wildman–Crippen LogP) is 0.577. The first-order chi connectivity index (χ1) is 8.24. The van der Waals surface area contributed by atoms with Crippen molar-refractivity contribution < 1.29 is 5.11 Å². The molecule has 0 aliphatic carbocycles. The maximum atomic E-state index is 9.05. The second-order valence-corrected chi connectivity index (χ2v) is 3.79. The van der Waals surface area contributed by atoms with Crippen molar-refractivity contribution in [3.05, 3.63) is 6.20 Å². The predicted molar refractivity (Wildman–Crippen MR) is 66.0 cm³/mol. The van der Waals surface area contributed by atoms with E-state index >= 15 is 0 Å². The van der Waals surface area contributed by atoms with Gasteiger partial charge >= 0.3 is 0 Å². The van der Waals surface area contributed by atoms with Gasteiger partial charge in [-0.05, 0) is 13.8 Å². The topological polar surface area (TPSA) is 98.8 Å². The van der Waals surface area contributed by atoms with Gasteiger partial charge < -0.3 is 15.7 Å². The fourth-order valence-corrected chi connectivity index (χ4v) is 1.46. The van der Waals surface area contributed by atoms with Crippen molar-refractivity contribution in [3.8, 4) is 0 Å². The number of aromatic nitrogens is 4. The third-order valence-corrected chi connectivity index (χ3v) is 2.30. The molecule has 0 spiro atoms. The third kappa shape index (κ3) is 2.44. The number of nitrogens with one attached hydrogen (secondary N) is 3. The van der Waals surface area contributed by atoms with Crippen molar-refractivity contribution in [2.75, 3.05) is 23.8 Å². The molecular formula is C10H16N6O. The molecule has 0 saturated heterocycles. The van der Waals surface area contributed by atoms with Crippen LogP contribution in [-0.4, -0.2) is 44.5 Å². The zero-order chi connectivity index (χ0) is 12.3. The summed E-state index contributed by atoms with van der Waals surface area (Å²) in [6.07, 6.45) is 1.66. The number of aliphatic hydroxyl groups excluding tert-OH is 1. The molecule has 0 fully saturated rings. The summed E-state index contributed by atoms with van der Waals surface area (Å²) in [6.45, 7) is 4.64. The number of rotatable bonds is 5. The van der Waals surface area contributed by atoms with Gasteiger partial charge in [0.2, 0.25) is 5.95 Å². The van der Waals surface area contributed by atoms with Crippen LogP contribution in [0.1, 0.15) is 13.8 Å². The third-order valence-electron chi connectivity index (χ3n) is 2.30. The minimum Gasteiger partial charge on any atom is -0.394 e. The number of fused-ring (bicyclic) bond motifs is 1. The average molecular weight is 236 g/mol. The van der Waals surface area contributed by atoms with Crippen LogP contribution in [0, 0.1) is 0 Å². The SMILES string of the molecule is CCNc1nc(NC(C)CO)c2cn[nH]c2n1. The molecule has 4 N–H and O–H groups in total. The van der Waals surface area contributed by atoms with Crippen molar-refractivity contribution in [3.63, 3.8) is 0 Å². The number of hydrogen-bond donors (Lipinski definition) is 4. The summed E-state index contributed by atoms with van der Waals surface area (Å²) in [5, 5.41) is 22.8. The highest BCUT2D eigenvalue weighted by molar-refractivity contribution is 5.87. The van der Waals surface area contributed by atoms with E-state index < -0.39 is 0 Å². The second-order valence-electron chi connectivity index (χ2n) is 3.79. The van der Waals surface area contributed by atoms with Crippen LogP contribution in [0.4, 0.5) is 11.8 Å². The highest BCUT2D eigenvalue weighted by atomic mass is 16.3. The van der Waals surface area contributed by atoms with Gasteiger partial charge in [0.15, 0.2) is 5.65 Å². The molecular weight excluding hydrogens is 220 g/mol. The van der Waals surface area contributed by atoms with Gasteiger partial charge in [-0.3, -0.25) is 5.10 Å². The zero-order valence-corrected chi connectivity index (χ0v) is 9.86. The Bertz CT molecular complexity index is 497. The van der Waals surface area contributed by atoms with Crippen LogP contribution in [0.5, 0.6) is 0 Å². The Morgan fingerprint density at radius 3 is 3.00 bits per heavy atom. The van der Waals surface area contributed by atoms with Crippen molar-refractivity contribution in [2.45, 2.75) is 19.9 Å². The Labute approximate surface area is 98.7 Å². The lowest BCUT2D eigenvalue weighted by atomic mass is 10.3. The number of H-pyrrole nitrogens is 1. The number of nitrogens with zero attached hydrogens (tertiary/aromatic N) is 3. The first kappa shape index (κ1) is 11.6. The maximum Gasteiger partial charge on any atom is 0.226 e. The number of aromatic amines is 1. The van der Waals surface area contributed by atoms with Gasteiger partial charge in [-0.15, -0.1) is 0 Å². The van der Waals surface area contributed by atoms with Crippen molar-refractivity contribution >= 4 is 22.8 Å². The lowest BCUT2D eigenvalue weighted by Gasteiger charge is -2.13. The molecule has 92 valence electrons. The molecule has 1 unspecified atom stereocenters. The molecule has 7 nitrogen and oxygen atoms in total. The molecule has 2 heterocycles. The van der Waals surface area contributed by atoms with Gasteiger partial charge in [0.25, 0.3) is 0 Å². The van der Waals surface area contributed by atoms with E-state index in [0.717, 1.165) is 11.9 Å². The first-order valence-corrected chi connectivity index (χ1v) is 5.57. The van der Waals surface area contributed by atoms with Gasteiger partial charge in [0.05, 0.1) is 18.2 Å². The van der Waals surface area contributed by atoms with Gasteiger partial charge in [0.1, 0.15) is 5.82 Å². The van der Waals surface area contributed by atoms with E-state index in [0.29, 0.717) is 17.4 Å². The second kappa shape index (κ2) is 4.96. The van der Waals surface area contributed by atoms with Crippen LogP contribution < -0.4 is 10.6 Å². The lowest BCUT2D eigenvalue weighted by molar-refractivity contribution is 0.281. The summed E-state index contributed by atoms with van der Waals surface area (Å²) in [4.78, 5) is 8.62. The molecule has 0 aromatic carbocycles. The fraction of sp³-hybridized carbons (Fsp3) is 0.500. The van der Waals surface area contributed by atoms with Crippen LogP contribution in [0.2, 0.25) is 0 Å². The molecule has 17 heavy (non-hydrogen) atoms. The maximum absolute atomic E-state index is 9.05. The molecule has 1 atom stereocenters. The summed E-state index contributed by atoms with van der Waals surface area (Å²) >= 11 is 0. The standard InChI is InChI=1S/C10H16N6O/c1-3-11-10-14-8(13-6(2)5-17)7-4-12-16-9(7)15-10/h4,6,17H,3,5H2,1-2H3,(H3,11,12,13,14,15,16). The summed E-state index contributed by atoms with van der Waals surface area (Å²) in [6, 6.07) is -0.0718. The monoisotopic (exact) mass is 236 g/mol. The molecule has 2 rings (SSSR count). The van der Waals surface area contributed by atoms with Gasteiger partial charge in [-0.2, -0.15) is 15.1 Å². The number of anilines is 2. The van der Waals surface area contributed by atoms with Gasteiger partial charge in [0, 0.05) is 12.6 Å². The highest BCUT2D eigenvalue weighted by Gasteiger charge is 2.10. The number of aliphatic hydroxyl groups is 1. The molecule has 0 aliphatic heterocycles. The Balaban J connectivity index is 2.39. The van der Waals surface area contributed by atoms with Crippen LogP contribution in [0.3, 0.4) is 0 Å². The summed E-state index contributed by atoms with van der Waals surface area (Å²) < 4.78 is 0. The van der Waals surface area contributed by atoms with Crippen LogP contribution in [-0.2, 0) is 0 Å². The normalized spacial score (nSPS) is 12.6. The minimum absolute atomic E-state index is 0.0416. The summed E-state index contributed by atoms with van der Waals surface area (Å²) in [5.41, 5.74) is 0.670. The van der Waals surface area contributed by atoms with Crippen LogP contribution in [0.25, 0.3) is 11.0 Å². The molecule has 2 aromatic rings. The van der Waals surface area contributed by atoms with Crippen LogP contribution in [0.15, 0.2) is 6.20 Å². The molecule has 7 heteroatoms. The molecule has 2 aromatic heterocycles. The Kier molecular flexibility index (Phi) is 3.38. The van der Waals surface area contributed by atoms with E-state index in [1.54, 1.807) is 6.20 Å². The Morgan fingerprint density at radius 1 is 1.47 bits per heavy atom. The van der Waals surface area contributed by atoms with E-state index in [9.17, 15) is 0 Å². The minimum atomic E-state index is -0.0718. The molecule has 0 aliphatic rings. The number of hydrogen-bond acceptors (Lipinski definition) is 6. The molecule has 0 saturated carbocycles. The molecule has 0 radical (unpaired) electrons. The quantitative estimate of drug-likeness (QED) is 0.606. The Morgan fingerprint density at radius 2 is 2.29 bits per heavy atom. The molecule has 0 bridgehead atoms. The van der Waals surface area contributed by atoms with Gasteiger partial charge in [-0.25, -0.2) is 0 Å². The smallest absolute Gasteiger partial charge is 0.226 e. The van der Waals surface area contributed by atoms with Crippen molar-refractivity contribution in [1.29, 1.82) is 0 Å². The van der Waals surface area contributed by atoms with E-state index in [2.05, 4.69) is 30.8 Å². The van der Waals surface area contributed by atoms with Crippen molar-refractivity contribution in [1.82, 2.24) is 20.2 Å². The summed E-state index contributed by atoms with van der Waals surface area (Å²) in [7, 11) is 0. The van der Waals surface area contributed by atoms with Crippen LogP contribution >= 0.6 is 0 Å². The van der Waals surface area contributed by atoms with Crippen molar-refractivity contribution in [2.24, 2.45) is 0 Å². The first-order valence-electron chi connectivity index (χ1n) is 5.57. The van der Waals surface area contributed by atoms with E-state index in [1.807, 2.05) is 13.8 Å². The Hall–Kier alpha value is -1.89. The summed E-state index contributed by atoms with van der Waals surface area (Å²) in [5.74, 6) is 1.21. The average Bonchev–Trinajstić information content (AvgIpc) is 2.77.